The number of rotatable bonds is 7. The zero-order valence-electron chi connectivity index (χ0n) is 19.9. The van der Waals surface area contributed by atoms with Crippen LogP contribution in [0.1, 0.15) is 60.3 Å². The summed E-state index contributed by atoms with van der Waals surface area (Å²) < 4.78 is 6.16. The van der Waals surface area contributed by atoms with Crippen molar-refractivity contribution < 1.29 is 19.4 Å². The molecule has 1 aliphatic rings. The highest BCUT2D eigenvalue weighted by Crippen LogP contribution is 2.33. The fourth-order valence-electron chi connectivity index (χ4n) is 4.14. The predicted octanol–water partition coefficient (Wildman–Crippen LogP) is 5.43. The van der Waals surface area contributed by atoms with Crippen molar-refractivity contribution in [1.29, 1.82) is 0 Å². The van der Waals surface area contributed by atoms with Crippen molar-refractivity contribution in [3.05, 3.63) is 70.9 Å². The summed E-state index contributed by atoms with van der Waals surface area (Å²) in [6.07, 6.45) is 0.533. The smallest absolute Gasteiger partial charge is 0.335 e. The molecular formula is C27H29N3O4. The molecule has 1 aliphatic heterocycles. The lowest BCUT2D eigenvalue weighted by atomic mass is 10.0. The van der Waals surface area contributed by atoms with E-state index in [0.29, 0.717) is 42.8 Å². The Morgan fingerprint density at radius 1 is 1.15 bits per heavy atom. The van der Waals surface area contributed by atoms with Crippen molar-refractivity contribution in [1.82, 2.24) is 15.1 Å². The van der Waals surface area contributed by atoms with E-state index in [1.807, 2.05) is 48.2 Å². The van der Waals surface area contributed by atoms with Crippen LogP contribution in [0.15, 0.2) is 48.5 Å². The molecule has 0 spiro atoms. The van der Waals surface area contributed by atoms with Gasteiger partial charge in [0, 0.05) is 30.6 Å². The van der Waals surface area contributed by atoms with Gasteiger partial charge in [0.2, 0.25) is 5.91 Å². The molecule has 7 heteroatoms. The van der Waals surface area contributed by atoms with Crippen LogP contribution in [-0.2, 0) is 11.3 Å². The summed E-state index contributed by atoms with van der Waals surface area (Å²) in [5, 5.41) is 18.1. The summed E-state index contributed by atoms with van der Waals surface area (Å²) in [6.45, 7) is 9.12. The molecule has 1 amide bonds. The monoisotopic (exact) mass is 459 g/mol. The molecule has 0 saturated carbocycles. The first kappa shape index (κ1) is 23.4. The van der Waals surface area contributed by atoms with Crippen LogP contribution in [-0.4, -0.2) is 38.6 Å². The predicted molar refractivity (Wildman–Crippen MR) is 129 cm³/mol. The minimum Gasteiger partial charge on any atom is -0.478 e. The quantitative estimate of drug-likeness (QED) is 0.506. The molecule has 3 aromatic rings. The van der Waals surface area contributed by atoms with Crippen molar-refractivity contribution in [3.8, 4) is 22.8 Å². The van der Waals surface area contributed by atoms with E-state index in [1.165, 1.54) is 6.07 Å². The van der Waals surface area contributed by atoms with Gasteiger partial charge in [0.25, 0.3) is 0 Å². The van der Waals surface area contributed by atoms with Gasteiger partial charge >= 0.3 is 5.97 Å². The number of aromatic nitrogens is 2. The normalized spacial score (nSPS) is 15.7. The molecule has 4 rings (SSSR count). The number of hydrogen-bond acceptors (Lipinski definition) is 5. The molecule has 1 fully saturated rings. The molecule has 0 radical (unpaired) electrons. The Morgan fingerprint density at radius 3 is 2.44 bits per heavy atom. The first-order chi connectivity index (χ1) is 16.2. The Labute approximate surface area is 199 Å². The number of carbonyl (C=O) groups is 2. The summed E-state index contributed by atoms with van der Waals surface area (Å²) in [7, 11) is 0. The molecule has 1 aromatic heterocycles. The highest BCUT2D eigenvalue weighted by atomic mass is 16.5. The van der Waals surface area contributed by atoms with Crippen LogP contribution in [0.2, 0.25) is 0 Å². The second-order valence-corrected chi connectivity index (χ2v) is 9.28. The molecular weight excluding hydrogens is 430 g/mol. The molecule has 0 bridgehead atoms. The average molecular weight is 460 g/mol. The third kappa shape index (κ3) is 5.09. The van der Waals surface area contributed by atoms with E-state index in [4.69, 9.17) is 4.74 Å². The lowest BCUT2D eigenvalue weighted by Gasteiger charge is -2.21. The van der Waals surface area contributed by atoms with Gasteiger partial charge in [0.15, 0.2) is 0 Å². The zero-order valence-corrected chi connectivity index (χ0v) is 19.9. The largest absolute Gasteiger partial charge is 0.478 e. The zero-order chi connectivity index (χ0) is 24.4. The van der Waals surface area contributed by atoms with Crippen molar-refractivity contribution in [2.24, 2.45) is 5.92 Å². The van der Waals surface area contributed by atoms with E-state index in [1.54, 1.807) is 6.07 Å². The maximum absolute atomic E-state index is 12.4. The molecule has 34 heavy (non-hydrogen) atoms. The molecule has 1 N–H and O–H groups in total. The van der Waals surface area contributed by atoms with Gasteiger partial charge in [-0.2, -0.15) is 10.2 Å². The number of amides is 1. The molecule has 2 aromatic carbocycles. The van der Waals surface area contributed by atoms with Gasteiger partial charge in [-0.1, -0.05) is 20.8 Å². The van der Waals surface area contributed by atoms with E-state index in [-0.39, 0.29) is 11.5 Å². The highest BCUT2D eigenvalue weighted by molar-refractivity contribution is 5.88. The van der Waals surface area contributed by atoms with Gasteiger partial charge in [-0.3, -0.25) is 4.79 Å². The third-order valence-electron chi connectivity index (χ3n) is 6.09. The van der Waals surface area contributed by atoms with E-state index >= 15 is 0 Å². The third-order valence-corrected chi connectivity index (χ3v) is 6.09. The molecule has 176 valence electrons. The van der Waals surface area contributed by atoms with E-state index in [9.17, 15) is 14.7 Å². The molecule has 0 aliphatic carbocycles. The highest BCUT2D eigenvalue weighted by Gasteiger charge is 2.28. The van der Waals surface area contributed by atoms with Crippen molar-refractivity contribution >= 4 is 11.9 Å². The van der Waals surface area contributed by atoms with Crippen molar-refractivity contribution in [2.45, 2.75) is 46.6 Å². The standard InChI is InChI=1S/C27H29N3O4/c1-16(2)23-9-10-24(29-28-23)19-5-7-21(8-6-19)34-25-13-20(27(32)33)12-18(4)22(25)15-30-14-17(3)11-26(30)31/h5-10,12-13,16-17H,11,14-15H2,1-4H3,(H,32,33). The molecule has 1 saturated heterocycles. The minimum absolute atomic E-state index is 0.106. The summed E-state index contributed by atoms with van der Waals surface area (Å²) in [5.41, 5.74) is 4.35. The maximum Gasteiger partial charge on any atom is 0.335 e. The molecule has 2 heterocycles. The lowest BCUT2D eigenvalue weighted by molar-refractivity contribution is -0.128. The van der Waals surface area contributed by atoms with Crippen LogP contribution in [0.5, 0.6) is 11.5 Å². The number of aryl methyl sites for hydroxylation is 1. The Bertz CT molecular complexity index is 1200. The van der Waals surface area contributed by atoms with E-state index < -0.39 is 5.97 Å². The Morgan fingerprint density at radius 2 is 1.88 bits per heavy atom. The van der Waals surface area contributed by atoms with Crippen molar-refractivity contribution in [2.75, 3.05) is 6.54 Å². The maximum atomic E-state index is 12.4. The summed E-state index contributed by atoms with van der Waals surface area (Å²) in [4.78, 5) is 25.8. The fourth-order valence-corrected chi connectivity index (χ4v) is 4.14. The lowest BCUT2D eigenvalue weighted by Crippen LogP contribution is -2.25. The topological polar surface area (TPSA) is 92.6 Å². The summed E-state index contributed by atoms with van der Waals surface area (Å²) in [5.74, 6) is 0.716. The second-order valence-electron chi connectivity index (χ2n) is 9.28. The average Bonchev–Trinajstić information content (AvgIpc) is 3.12. The number of likely N-dealkylation sites (tertiary alicyclic amines) is 1. The van der Waals surface area contributed by atoms with E-state index in [2.05, 4.69) is 31.0 Å². The van der Waals surface area contributed by atoms with E-state index in [0.717, 1.165) is 28.1 Å². The first-order valence-electron chi connectivity index (χ1n) is 11.5. The van der Waals surface area contributed by atoms with Gasteiger partial charge in [-0.25, -0.2) is 4.79 Å². The van der Waals surface area contributed by atoms with Crippen LogP contribution in [0, 0.1) is 12.8 Å². The number of carbonyl (C=O) groups excluding carboxylic acids is 1. The summed E-state index contributed by atoms with van der Waals surface area (Å²) in [6, 6.07) is 14.5. The van der Waals surface area contributed by atoms with Gasteiger partial charge < -0.3 is 14.7 Å². The van der Waals surface area contributed by atoms with Gasteiger partial charge in [0.05, 0.1) is 17.0 Å². The minimum atomic E-state index is -1.02. The van der Waals surface area contributed by atoms with Gasteiger partial charge in [-0.05, 0) is 72.9 Å². The molecule has 7 nitrogen and oxygen atoms in total. The fraction of sp³-hybridized carbons (Fsp3) is 0.333. The number of ether oxygens (including phenoxy) is 1. The number of carboxylic acids is 1. The van der Waals surface area contributed by atoms with Crippen LogP contribution in [0.25, 0.3) is 11.3 Å². The molecule has 1 unspecified atom stereocenters. The van der Waals surface area contributed by atoms with Gasteiger partial charge in [0.1, 0.15) is 11.5 Å². The summed E-state index contributed by atoms with van der Waals surface area (Å²) >= 11 is 0. The molecule has 1 atom stereocenters. The number of nitrogens with zero attached hydrogens (tertiary/aromatic N) is 3. The second kappa shape index (κ2) is 9.63. The van der Waals surface area contributed by atoms with Crippen molar-refractivity contribution in [3.63, 3.8) is 0 Å². The van der Waals surface area contributed by atoms with Gasteiger partial charge in [-0.15, -0.1) is 0 Å². The number of hydrogen-bond donors (Lipinski definition) is 1. The van der Waals surface area contributed by atoms with Crippen LogP contribution >= 0.6 is 0 Å². The SMILES string of the molecule is Cc1cc(C(=O)O)cc(Oc2ccc(-c3ccc(C(C)C)nn3)cc2)c1CN1CC(C)CC1=O. The van der Waals surface area contributed by atoms with Crippen LogP contribution < -0.4 is 4.74 Å². The Kier molecular flexibility index (Phi) is 6.63. The number of benzene rings is 2. The Balaban J connectivity index is 1.60. The number of aromatic carboxylic acids is 1. The number of carboxylic acid groups (broad SMARTS) is 1. The Hall–Kier alpha value is -3.74. The first-order valence-corrected chi connectivity index (χ1v) is 11.5. The van der Waals surface area contributed by atoms with Crippen LogP contribution in [0.3, 0.4) is 0 Å². The van der Waals surface area contributed by atoms with Crippen LogP contribution in [0.4, 0.5) is 0 Å².